The second kappa shape index (κ2) is 9.27. The third kappa shape index (κ3) is 5.88. The van der Waals surface area contributed by atoms with Crippen LogP contribution in [0.5, 0.6) is 0 Å². The van der Waals surface area contributed by atoms with Crippen LogP contribution in [0.15, 0.2) is 52.3 Å². The van der Waals surface area contributed by atoms with Crippen LogP contribution in [0.2, 0.25) is 5.02 Å². The van der Waals surface area contributed by atoms with Gasteiger partial charge in [0.05, 0.1) is 26.2 Å². The van der Waals surface area contributed by atoms with E-state index in [9.17, 15) is 34.8 Å². The zero-order chi connectivity index (χ0) is 24.6. The summed E-state index contributed by atoms with van der Waals surface area (Å²) in [6.45, 7) is 0. The highest BCUT2D eigenvalue weighted by molar-refractivity contribution is 7.92. The van der Waals surface area contributed by atoms with Crippen molar-refractivity contribution in [1.82, 2.24) is 5.32 Å². The van der Waals surface area contributed by atoms with Crippen molar-refractivity contribution in [1.29, 1.82) is 0 Å². The number of halogens is 4. The Morgan fingerprint density at radius 3 is 2.21 bits per heavy atom. The standard InChI is InChI=1S/C21H21ClF3NO5S2/c1-32(28,29)19-12-14(22)5-10-18(19)20(27)26-15-6-8-16(9-7-15)33(30,31)17-4-2-3-13(11-17)21(23,24)25/h2-5,10-12,15-16H,6-9H2,1H3,(H,26,27)/t15-,16+. The highest BCUT2D eigenvalue weighted by Crippen LogP contribution is 2.34. The van der Waals surface area contributed by atoms with Crippen molar-refractivity contribution < 1.29 is 34.8 Å². The summed E-state index contributed by atoms with van der Waals surface area (Å²) < 4.78 is 88.6. The molecule has 0 unspecified atom stereocenters. The SMILES string of the molecule is CS(=O)(=O)c1cc(Cl)ccc1C(=O)N[C@H]1CC[C@@H](S(=O)(=O)c2cccc(C(F)(F)F)c2)CC1. The summed E-state index contributed by atoms with van der Waals surface area (Å²) in [5.74, 6) is -0.628. The number of nitrogens with one attached hydrogen (secondary N) is 1. The van der Waals surface area contributed by atoms with Gasteiger partial charge in [0, 0.05) is 17.3 Å². The lowest BCUT2D eigenvalue weighted by molar-refractivity contribution is -0.137. The number of hydrogen-bond donors (Lipinski definition) is 1. The molecule has 0 aromatic heterocycles. The van der Waals surface area contributed by atoms with Crippen molar-refractivity contribution in [3.63, 3.8) is 0 Å². The first-order chi connectivity index (χ1) is 15.2. The van der Waals surface area contributed by atoms with Crippen LogP contribution in [0.3, 0.4) is 0 Å². The molecule has 1 saturated carbocycles. The second-order valence-electron chi connectivity index (χ2n) is 7.93. The average Bonchev–Trinajstić information content (AvgIpc) is 2.73. The van der Waals surface area contributed by atoms with Gasteiger partial charge >= 0.3 is 6.18 Å². The van der Waals surface area contributed by atoms with Crippen molar-refractivity contribution in [2.75, 3.05) is 6.26 Å². The summed E-state index contributed by atoms with van der Waals surface area (Å²) >= 11 is 5.85. The molecule has 0 heterocycles. The van der Waals surface area contributed by atoms with Crippen LogP contribution >= 0.6 is 11.6 Å². The van der Waals surface area contributed by atoms with E-state index in [-0.39, 0.29) is 46.1 Å². The Balaban J connectivity index is 1.70. The van der Waals surface area contributed by atoms with Crippen molar-refractivity contribution in [3.05, 3.63) is 58.6 Å². The van der Waals surface area contributed by atoms with E-state index in [4.69, 9.17) is 11.6 Å². The first-order valence-corrected chi connectivity index (χ1v) is 13.7. The quantitative estimate of drug-likeness (QED) is 0.631. The van der Waals surface area contributed by atoms with Gasteiger partial charge in [-0.05, 0) is 62.1 Å². The molecule has 0 aliphatic heterocycles. The number of benzene rings is 2. The maximum atomic E-state index is 13.0. The summed E-state index contributed by atoms with van der Waals surface area (Å²) in [7, 11) is -7.71. The van der Waals surface area contributed by atoms with E-state index in [2.05, 4.69) is 5.32 Å². The first-order valence-electron chi connectivity index (χ1n) is 9.91. The van der Waals surface area contributed by atoms with Gasteiger partial charge in [-0.2, -0.15) is 13.2 Å². The van der Waals surface area contributed by atoms with E-state index in [0.717, 1.165) is 24.5 Å². The Morgan fingerprint density at radius 2 is 1.64 bits per heavy atom. The fraction of sp³-hybridized carbons (Fsp3) is 0.381. The molecule has 1 fully saturated rings. The monoisotopic (exact) mass is 523 g/mol. The molecule has 0 atom stereocenters. The van der Waals surface area contributed by atoms with Crippen LogP contribution in [0.4, 0.5) is 13.2 Å². The van der Waals surface area contributed by atoms with Crippen molar-refractivity contribution in [3.8, 4) is 0 Å². The van der Waals surface area contributed by atoms with Gasteiger partial charge in [-0.25, -0.2) is 16.8 Å². The van der Waals surface area contributed by atoms with Crippen LogP contribution in [0.1, 0.15) is 41.6 Å². The lowest BCUT2D eigenvalue weighted by atomic mass is 9.94. The topological polar surface area (TPSA) is 97.4 Å². The smallest absolute Gasteiger partial charge is 0.349 e. The van der Waals surface area contributed by atoms with E-state index < -0.39 is 48.6 Å². The molecule has 1 N–H and O–H groups in total. The summed E-state index contributed by atoms with van der Waals surface area (Å²) in [6, 6.07) is 7.13. The maximum Gasteiger partial charge on any atom is 0.416 e. The van der Waals surface area contributed by atoms with Gasteiger partial charge in [-0.15, -0.1) is 0 Å². The third-order valence-corrected chi connectivity index (χ3v) is 9.16. The maximum absolute atomic E-state index is 13.0. The molecule has 1 aliphatic rings. The molecule has 2 aromatic rings. The Kier molecular flexibility index (Phi) is 7.16. The molecule has 0 spiro atoms. The van der Waals surface area contributed by atoms with Gasteiger partial charge in [0.2, 0.25) is 0 Å². The minimum atomic E-state index is -4.65. The minimum absolute atomic E-state index is 0.0689. The number of alkyl halides is 3. The Morgan fingerprint density at radius 1 is 1.00 bits per heavy atom. The van der Waals surface area contributed by atoms with E-state index in [0.29, 0.717) is 6.07 Å². The molecule has 0 radical (unpaired) electrons. The highest BCUT2D eigenvalue weighted by atomic mass is 35.5. The largest absolute Gasteiger partial charge is 0.416 e. The number of rotatable bonds is 5. The number of carbonyl (C=O) groups is 1. The summed E-state index contributed by atoms with van der Waals surface area (Å²) in [5, 5.41) is 2.00. The number of sulfone groups is 2. The highest BCUT2D eigenvalue weighted by Gasteiger charge is 2.36. The van der Waals surface area contributed by atoms with E-state index in [1.54, 1.807) is 0 Å². The summed E-state index contributed by atoms with van der Waals surface area (Å²) in [5.41, 5.74) is -1.10. The fourth-order valence-corrected chi connectivity index (χ4v) is 6.79. The van der Waals surface area contributed by atoms with Crippen LogP contribution in [0.25, 0.3) is 0 Å². The predicted octanol–water partition coefficient (Wildman–Crippen LogP) is 4.28. The molecule has 33 heavy (non-hydrogen) atoms. The van der Waals surface area contributed by atoms with Gasteiger partial charge < -0.3 is 5.32 Å². The molecule has 1 amide bonds. The average molecular weight is 524 g/mol. The molecule has 1 aliphatic carbocycles. The van der Waals surface area contributed by atoms with Crippen LogP contribution < -0.4 is 5.32 Å². The summed E-state index contributed by atoms with van der Waals surface area (Å²) in [6.07, 6.45) is -2.86. The first kappa shape index (κ1) is 25.5. The Labute approximate surface area is 195 Å². The van der Waals surface area contributed by atoms with E-state index in [1.807, 2.05) is 0 Å². The zero-order valence-corrected chi connectivity index (χ0v) is 19.8. The normalized spacial score (nSPS) is 19.8. The molecular weight excluding hydrogens is 503 g/mol. The van der Waals surface area contributed by atoms with Crippen LogP contribution in [-0.4, -0.2) is 40.3 Å². The Hall–Kier alpha value is -2.11. The second-order valence-corrected chi connectivity index (χ2v) is 12.6. The zero-order valence-electron chi connectivity index (χ0n) is 17.4. The van der Waals surface area contributed by atoms with Gasteiger partial charge in [-0.1, -0.05) is 17.7 Å². The van der Waals surface area contributed by atoms with Crippen molar-refractivity contribution in [2.45, 2.75) is 52.9 Å². The molecule has 3 rings (SSSR count). The number of amides is 1. The molecule has 12 heteroatoms. The molecule has 180 valence electrons. The number of carbonyl (C=O) groups excluding carboxylic acids is 1. The van der Waals surface area contributed by atoms with E-state index >= 15 is 0 Å². The number of hydrogen-bond acceptors (Lipinski definition) is 5. The van der Waals surface area contributed by atoms with Crippen LogP contribution in [-0.2, 0) is 25.9 Å². The van der Waals surface area contributed by atoms with Gasteiger partial charge in [0.1, 0.15) is 0 Å². The molecule has 0 saturated heterocycles. The van der Waals surface area contributed by atoms with Crippen molar-refractivity contribution in [2.24, 2.45) is 0 Å². The van der Waals surface area contributed by atoms with Gasteiger partial charge in [0.15, 0.2) is 19.7 Å². The van der Waals surface area contributed by atoms with Crippen LogP contribution in [0, 0.1) is 0 Å². The van der Waals surface area contributed by atoms with Gasteiger partial charge in [0.25, 0.3) is 5.91 Å². The molecule has 6 nitrogen and oxygen atoms in total. The third-order valence-electron chi connectivity index (χ3n) is 5.53. The minimum Gasteiger partial charge on any atom is -0.349 e. The molecule has 0 bridgehead atoms. The van der Waals surface area contributed by atoms with Gasteiger partial charge in [-0.3, -0.25) is 4.79 Å². The fourth-order valence-electron chi connectivity index (χ4n) is 3.81. The van der Waals surface area contributed by atoms with Crippen molar-refractivity contribution >= 4 is 37.2 Å². The summed E-state index contributed by atoms with van der Waals surface area (Å²) in [4.78, 5) is 12.1. The predicted molar refractivity (Wildman–Crippen MR) is 117 cm³/mol. The molecule has 2 aromatic carbocycles. The van der Waals surface area contributed by atoms with E-state index in [1.165, 1.54) is 18.2 Å². The lowest BCUT2D eigenvalue weighted by Crippen LogP contribution is -2.40. The lowest BCUT2D eigenvalue weighted by Gasteiger charge is -2.29. The molecular formula is C21H21ClF3NO5S2. The Bertz CT molecular complexity index is 1270.